The molecule has 0 heterocycles. The van der Waals surface area contributed by atoms with Gasteiger partial charge in [-0.05, 0) is 79.4 Å². The summed E-state index contributed by atoms with van der Waals surface area (Å²) in [6, 6.07) is 10.4. The maximum absolute atomic E-state index is 12.5. The van der Waals surface area contributed by atoms with Crippen molar-refractivity contribution in [3.8, 4) is 5.75 Å². The summed E-state index contributed by atoms with van der Waals surface area (Å²) in [5.41, 5.74) is 0.972. The van der Waals surface area contributed by atoms with Crippen LogP contribution in [0.5, 0.6) is 5.75 Å². The molecule has 1 unspecified atom stereocenters. The van der Waals surface area contributed by atoms with Crippen molar-refractivity contribution in [3.05, 3.63) is 58.2 Å². The van der Waals surface area contributed by atoms with Gasteiger partial charge in [-0.3, -0.25) is 4.79 Å². The molecule has 0 saturated heterocycles. The molecule has 2 rings (SSSR count). The Morgan fingerprint density at radius 1 is 1.08 bits per heavy atom. The Morgan fingerprint density at radius 3 is 2.15 bits per heavy atom. The molecule has 0 radical (unpaired) electrons. The molecule has 0 aromatic heterocycles. The van der Waals surface area contributed by atoms with Crippen molar-refractivity contribution in [3.63, 3.8) is 0 Å². The molecule has 0 fully saturated rings. The minimum atomic E-state index is -1.34. The number of carbonyl (C=O) groups excluding carboxylic acids is 2. The standard InChI is InChI=1S/C17H14I3NO4.Na/c1-21(2)16(22)12-10(18)8-11(19)15(13(12)20)25-14(17(23)24)9-6-4-3-5-7-9;/h3-8,14H,1-2H3,(H,23,24);/q;+1/p-1. The summed E-state index contributed by atoms with van der Waals surface area (Å²) in [6.07, 6.45) is -1.26. The summed E-state index contributed by atoms with van der Waals surface area (Å²) < 4.78 is 7.88. The molecule has 0 aliphatic rings. The molecule has 26 heavy (non-hydrogen) atoms. The van der Waals surface area contributed by atoms with E-state index in [2.05, 4.69) is 45.2 Å². The van der Waals surface area contributed by atoms with Gasteiger partial charge in [-0.15, -0.1) is 0 Å². The second-order valence-electron chi connectivity index (χ2n) is 5.29. The molecular weight excluding hydrogens is 686 g/mol. The van der Waals surface area contributed by atoms with Crippen molar-refractivity contribution >= 4 is 79.6 Å². The number of nitrogens with zero attached hydrogens (tertiary/aromatic N) is 1. The molecule has 1 atom stereocenters. The van der Waals surface area contributed by atoms with E-state index in [1.165, 1.54) is 4.90 Å². The van der Waals surface area contributed by atoms with Crippen LogP contribution in [0.15, 0.2) is 36.4 Å². The third kappa shape index (κ3) is 5.69. The van der Waals surface area contributed by atoms with Crippen molar-refractivity contribution < 1.29 is 49.0 Å². The second kappa shape index (κ2) is 10.8. The van der Waals surface area contributed by atoms with Gasteiger partial charge < -0.3 is 19.5 Å². The van der Waals surface area contributed by atoms with Crippen LogP contribution in [0.2, 0.25) is 0 Å². The third-order valence-electron chi connectivity index (χ3n) is 3.30. The summed E-state index contributed by atoms with van der Waals surface area (Å²) in [4.78, 5) is 25.5. The SMILES string of the molecule is CN(C)C(=O)c1c(I)cc(I)c(OC(C(=O)[O-])c2ccccc2)c1I.[Na+]. The van der Waals surface area contributed by atoms with Crippen molar-refractivity contribution in [1.82, 2.24) is 4.90 Å². The van der Waals surface area contributed by atoms with Crippen molar-refractivity contribution in [1.29, 1.82) is 0 Å². The monoisotopic (exact) mass is 699 g/mol. The molecule has 2 aromatic rings. The van der Waals surface area contributed by atoms with E-state index in [9.17, 15) is 14.7 Å². The number of carbonyl (C=O) groups is 2. The van der Waals surface area contributed by atoms with E-state index in [1.54, 1.807) is 50.5 Å². The van der Waals surface area contributed by atoms with Crippen LogP contribution in [0.1, 0.15) is 22.0 Å². The van der Waals surface area contributed by atoms with Crippen LogP contribution >= 0.6 is 67.8 Å². The average molecular weight is 699 g/mol. The first-order chi connectivity index (χ1) is 11.7. The second-order valence-corrected chi connectivity index (χ2v) is 8.69. The minimum Gasteiger partial charge on any atom is -0.546 e. The fourth-order valence-corrected chi connectivity index (χ4v) is 6.18. The maximum Gasteiger partial charge on any atom is 1.00 e. The number of carboxylic acids is 1. The zero-order valence-corrected chi connectivity index (χ0v) is 22.7. The van der Waals surface area contributed by atoms with Crippen LogP contribution in [0.25, 0.3) is 0 Å². The van der Waals surface area contributed by atoms with E-state index in [-0.39, 0.29) is 35.5 Å². The zero-order valence-electron chi connectivity index (χ0n) is 14.3. The van der Waals surface area contributed by atoms with E-state index in [0.29, 0.717) is 20.4 Å². The molecule has 0 spiro atoms. The number of hydrogen-bond donors (Lipinski definition) is 0. The largest absolute Gasteiger partial charge is 1.00 e. The topological polar surface area (TPSA) is 69.7 Å². The smallest absolute Gasteiger partial charge is 0.546 e. The Bertz CT molecular complexity index is 815. The number of ether oxygens (including phenoxy) is 1. The van der Waals surface area contributed by atoms with Gasteiger partial charge in [-0.25, -0.2) is 0 Å². The Labute approximate surface area is 215 Å². The molecule has 0 saturated carbocycles. The summed E-state index contributed by atoms with van der Waals surface area (Å²) in [5, 5.41) is 11.6. The Balaban J connectivity index is 0.00000338. The first-order valence-electron chi connectivity index (χ1n) is 7.05. The van der Waals surface area contributed by atoms with E-state index >= 15 is 0 Å². The van der Waals surface area contributed by atoms with E-state index in [0.717, 1.165) is 7.14 Å². The van der Waals surface area contributed by atoms with Gasteiger partial charge in [0.2, 0.25) is 0 Å². The predicted molar refractivity (Wildman–Crippen MR) is 117 cm³/mol. The van der Waals surface area contributed by atoms with Crippen LogP contribution in [-0.2, 0) is 4.79 Å². The number of rotatable bonds is 5. The van der Waals surface area contributed by atoms with Crippen LogP contribution < -0.4 is 39.4 Å². The molecule has 132 valence electrons. The molecule has 1 amide bonds. The van der Waals surface area contributed by atoms with Gasteiger partial charge >= 0.3 is 29.6 Å². The van der Waals surface area contributed by atoms with Gasteiger partial charge in [0.05, 0.1) is 18.7 Å². The van der Waals surface area contributed by atoms with E-state index in [1.807, 2.05) is 22.6 Å². The molecule has 0 N–H and O–H groups in total. The number of carboxylic acid groups (broad SMARTS) is 1. The van der Waals surface area contributed by atoms with Gasteiger partial charge in [0.1, 0.15) is 5.75 Å². The number of aliphatic carboxylic acids is 1. The summed E-state index contributed by atoms with van der Waals surface area (Å²) >= 11 is 6.19. The first-order valence-corrected chi connectivity index (χ1v) is 10.3. The van der Waals surface area contributed by atoms with Crippen LogP contribution in [0.3, 0.4) is 0 Å². The van der Waals surface area contributed by atoms with Crippen molar-refractivity contribution in [2.24, 2.45) is 0 Å². The Kier molecular flexibility index (Phi) is 10.1. The summed E-state index contributed by atoms with van der Waals surface area (Å²) in [6.45, 7) is 0. The Hall–Kier alpha value is 0.370. The minimum absolute atomic E-state index is 0. The zero-order chi connectivity index (χ0) is 18.7. The predicted octanol–water partition coefficient (Wildman–Crippen LogP) is 0.0762. The number of halogens is 3. The molecule has 2 aromatic carbocycles. The molecular formula is C17H13I3NNaO4. The van der Waals surface area contributed by atoms with Gasteiger partial charge in [0, 0.05) is 17.7 Å². The fourth-order valence-electron chi connectivity index (χ4n) is 2.10. The van der Waals surface area contributed by atoms with Gasteiger partial charge in [0.25, 0.3) is 5.91 Å². The normalized spacial score (nSPS) is 11.3. The van der Waals surface area contributed by atoms with Gasteiger partial charge in [-0.2, -0.15) is 0 Å². The number of benzene rings is 2. The van der Waals surface area contributed by atoms with E-state index in [4.69, 9.17) is 4.74 Å². The number of hydrogen-bond acceptors (Lipinski definition) is 4. The van der Waals surface area contributed by atoms with Crippen LogP contribution in [-0.4, -0.2) is 30.9 Å². The fraction of sp³-hybridized carbons (Fsp3) is 0.176. The number of amides is 1. The Morgan fingerprint density at radius 2 is 1.65 bits per heavy atom. The third-order valence-corrected chi connectivity index (χ3v) is 5.98. The molecule has 9 heteroatoms. The molecule has 0 bridgehead atoms. The van der Waals surface area contributed by atoms with E-state index < -0.39 is 12.1 Å². The van der Waals surface area contributed by atoms with Crippen molar-refractivity contribution in [2.75, 3.05) is 14.1 Å². The molecule has 0 aliphatic carbocycles. The van der Waals surface area contributed by atoms with Gasteiger partial charge in [0.15, 0.2) is 6.10 Å². The van der Waals surface area contributed by atoms with Gasteiger partial charge in [-0.1, -0.05) is 30.3 Å². The summed E-state index contributed by atoms with van der Waals surface area (Å²) in [5.74, 6) is -1.14. The quantitative estimate of drug-likeness (QED) is 0.328. The average Bonchev–Trinajstić information content (AvgIpc) is 2.54. The van der Waals surface area contributed by atoms with Crippen LogP contribution in [0.4, 0.5) is 0 Å². The summed E-state index contributed by atoms with van der Waals surface area (Å²) in [7, 11) is 3.34. The maximum atomic E-state index is 12.5. The van der Waals surface area contributed by atoms with Crippen molar-refractivity contribution in [2.45, 2.75) is 6.10 Å². The first kappa shape index (κ1) is 24.4. The molecule has 0 aliphatic heterocycles. The van der Waals surface area contributed by atoms with Crippen LogP contribution in [0, 0.1) is 10.7 Å². The molecule has 5 nitrogen and oxygen atoms in total.